The maximum atomic E-state index is 5.44. The number of nitrogens with one attached hydrogen (secondary N) is 1. The molecule has 0 aromatic rings. The van der Waals surface area contributed by atoms with E-state index in [9.17, 15) is 0 Å². The normalized spacial score (nSPS) is 27.1. The highest BCUT2D eigenvalue weighted by Crippen LogP contribution is 2.25. The van der Waals surface area contributed by atoms with Crippen LogP contribution in [-0.4, -0.2) is 28.6 Å². The van der Waals surface area contributed by atoms with Crippen LogP contribution in [0.15, 0.2) is 0 Å². The second-order valence-electron chi connectivity index (χ2n) is 4.87. The smallest absolute Gasteiger partial charge is 0.169 e. The number of hydrogen-bond acceptors (Lipinski definition) is 1. The van der Waals surface area contributed by atoms with Gasteiger partial charge in [-0.1, -0.05) is 13.8 Å². The van der Waals surface area contributed by atoms with Gasteiger partial charge in [0.05, 0.1) is 0 Å². The molecule has 2 rings (SSSR count). The summed E-state index contributed by atoms with van der Waals surface area (Å²) < 4.78 is 0. The minimum atomic E-state index is 0.675. The largest absolute Gasteiger partial charge is 0.360 e. The van der Waals surface area contributed by atoms with E-state index < -0.39 is 0 Å². The zero-order chi connectivity index (χ0) is 10.1. The lowest BCUT2D eigenvalue weighted by Gasteiger charge is -2.30. The van der Waals surface area contributed by atoms with Gasteiger partial charge in [-0.2, -0.15) is 0 Å². The Balaban J connectivity index is 1.90. The number of thiocarbonyl (C=S) groups is 1. The van der Waals surface area contributed by atoms with Crippen molar-refractivity contribution in [2.24, 2.45) is 5.92 Å². The first-order valence-corrected chi connectivity index (χ1v) is 6.16. The Hall–Kier alpha value is -0.310. The maximum absolute atomic E-state index is 5.44. The summed E-state index contributed by atoms with van der Waals surface area (Å²) in [6, 6.07) is 1.37. The highest BCUT2D eigenvalue weighted by molar-refractivity contribution is 7.80. The molecule has 0 bridgehead atoms. The van der Waals surface area contributed by atoms with Crippen molar-refractivity contribution < 1.29 is 0 Å². The van der Waals surface area contributed by atoms with E-state index in [1.165, 1.54) is 25.7 Å². The summed E-state index contributed by atoms with van der Waals surface area (Å²) in [6.45, 7) is 5.74. The second kappa shape index (κ2) is 4.05. The van der Waals surface area contributed by atoms with Gasteiger partial charge in [-0.15, -0.1) is 0 Å². The van der Waals surface area contributed by atoms with E-state index in [0.717, 1.165) is 17.6 Å². The summed E-state index contributed by atoms with van der Waals surface area (Å²) in [5.74, 6) is 0.719. The molecule has 0 spiro atoms. The van der Waals surface area contributed by atoms with Crippen molar-refractivity contribution in [2.45, 2.75) is 51.6 Å². The third kappa shape index (κ3) is 2.19. The van der Waals surface area contributed by atoms with Crippen LogP contribution in [0.4, 0.5) is 0 Å². The third-order valence-electron chi connectivity index (χ3n) is 3.23. The SMILES string of the molecule is CC(C)C1CCCN1C(=S)NC1CC1. The number of rotatable bonds is 2. The predicted octanol–water partition coefficient (Wildman–Crippen LogP) is 2.14. The Morgan fingerprint density at radius 3 is 2.64 bits per heavy atom. The van der Waals surface area contributed by atoms with Crippen LogP contribution in [0.25, 0.3) is 0 Å². The fourth-order valence-electron chi connectivity index (χ4n) is 2.22. The van der Waals surface area contributed by atoms with E-state index in [2.05, 4.69) is 24.1 Å². The van der Waals surface area contributed by atoms with Crippen molar-refractivity contribution in [1.82, 2.24) is 10.2 Å². The van der Waals surface area contributed by atoms with Crippen LogP contribution in [-0.2, 0) is 0 Å². The molecule has 0 aromatic carbocycles. The molecule has 14 heavy (non-hydrogen) atoms. The molecule has 0 radical (unpaired) electrons. The van der Waals surface area contributed by atoms with Gasteiger partial charge in [0, 0.05) is 18.6 Å². The van der Waals surface area contributed by atoms with Crippen LogP contribution >= 0.6 is 12.2 Å². The summed E-state index contributed by atoms with van der Waals surface area (Å²) in [4.78, 5) is 2.40. The molecule has 0 aromatic heterocycles. The van der Waals surface area contributed by atoms with Gasteiger partial charge in [-0.05, 0) is 43.8 Å². The fraction of sp³-hybridized carbons (Fsp3) is 0.909. The lowest BCUT2D eigenvalue weighted by Crippen LogP contribution is -2.45. The van der Waals surface area contributed by atoms with Crippen molar-refractivity contribution in [3.8, 4) is 0 Å². The van der Waals surface area contributed by atoms with E-state index in [1.54, 1.807) is 0 Å². The molecule has 2 fully saturated rings. The maximum Gasteiger partial charge on any atom is 0.169 e. The van der Waals surface area contributed by atoms with Gasteiger partial charge in [-0.25, -0.2) is 0 Å². The molecule has 1 unspecified atom stereocenters. The number of hydrogen-bond donors (Lipinski definition) is 1. The third-order valence-corrected chi connectivity index (χ3v) is 3.59. The summed E-state index contributed by atoms with van der Waals surface area (Å²) >= 11 is 5.44. The Morgan fingerprint density at radius 1 is 1.36 bits per heavy atom. The lowest BCUT2D eigenvalue weighted by atomic mass is 10.0. The first-order valence-electron chi connectivity index (χ1n) is 5.75. The molecule has 1 saturated carbocycles. The molecule has 80 valence electrons. The quantitative estimate of drug-likeness (QED) is 0.706. The molecule has 2 nitrogen and oxygen atoms in total. The molecular formula is C11H20N2S. The van der Waals surface area contributed by atoms with Gasteiger partial charge >= 0.3 is 0 Å². The Labute approximate surface area is 92.0 Å². The second-order valence-corrected chi connectivity index (χ2v) is 5.26. The van der Waals surface area contributed by atoms with Gasteiger partial charge < -0.3 is 10.2 Å². The Bertz CT molecular complexity index is 223. The first kappa shape index (κ1) is 10.2. The zero-order valence-corrected chi connectivity index (χ0v) is 9.94. The van der Waals surface area contributed by atoms with Crippen LogP contribution in [0.2, 0.25) is 0 Å². The van der Waals surface area contributed by atoms with E-state index in [0.29, 0.717) is 12.1 Å². The monoisotopic (exact) mass is 212 g/mol. The van der Waals surface area contributed by atoms with Crippen molar-refractivity contribution in [1.29, 1.82) is 0 Å². The molecule has 1 aliphatic heterocycles. The predicted molar refractivity (Wildman–Crippen MR) is 63.3 cm³/mol. The molecule has 1 aliphatic carbocycles. The topological polar surface area (TPSA) is 15.3 Å². The Morgan fingerprint density at radius 2 is 2.07 bits per heavy atom. The van der Waals surface area contributed by atoms with E-state index >= 15 is 0 Å². The summed E-state index contributed by atoms with van der Waals surface area (Å²) in [7, 11) is 0. The van der Waals surface area contributed by atoms with Gasteiger partial charge in [0.1, 0.15) is 0 Å². The van der Waals surface area contributed by atoms with Crippen molar-refractivity contribution >= 4 is 17.3 Å². The average Bonchev–Trinajstić information content (AvgIpc) is 2.81. The Kier molecular flexibility index (Phi) is 2.96. The van der Waals surface area contributed by atoms with E-state index in [-0.39, 0.29) is 0 Å². The molecule has 2 aliphatic rings. The standard InChI is InChI=1S/C11H20N2S/c1-8(2)10-4-3-7-13(10)11(14)12-9-5-6-9/h8-10H,3-7H2,1-2H3,(H,12,14). The van der Waals surface area contributed by atoms with Crippen LogP contribution in [0, 0.1) is 5.92 Å². The summed E-state index contributed by atoms with van der Waals surface area (Å²) in [5, 5.41) is 4.44. The minimum Gasteiger partial charge on any atom is -0.360 e. The molecule has 1 heterocycles. The molecular weight excluding hydrogens is 192 g/mol. The molecule has 1 saturated heterocycles. The van der Waals surface area contributed by atoms with E-state index in [4.69, 9.17) is 12.2 Å². The average molecular weight is 212 g/mol. The molecule has 3 heteroatoms. The number of nitrogens with zero attached hydrogens (tertiary/aromatic N) is 1. The summed E-state index contributed by atoms with van der Waals surface area (Å²) in [6.07, 6.45) is 5.22. The number of likely N-dealkylation sites (tertiary alicyclic amines) is 1. The molecule has 1 N–H and O–H groups in total. The van der Waals surface area contributed by atoms with Crippen molar-refractivity contribution in [2.75, 3.05) is 6.54 Å². The van der Waals surface area contributed by atoms with Crippen LogP contribution in [0.1, 0.15) is 39.5 Å². The molecule has 0 amide bonds. The zero-order valence-electron chi connectivity index (χ0n) is 9.12. The van der Waals surface area contributed by atoms with Crippen molar-refractivity contribution in [3.63, 3.8) is 0 Å². The minimum absolute atomic E-state index is 0.675. The molecule has 1 atom stereocenters. The fourth-order valence-corrected chi connectivity index (χ4v) is 2.62. The van der Waals surface area contributed by atoms with Crippen LogP contribution in [0.5, 0.6) is 0 Å². The van der Waals surface area contributed by atoms with Crippen LogP contribution < -0.4 is 5.32 Å². The van der Waals surface area contributed by atoms with Gasteiger partial charge in [-0.3, -0.25) is 0 Å². The highest BCUT2D eigenvalue weighted by Gasteiger charge is 2.31. The summed E-state index contributed by atoms with van der Waals surface area (Å²) in [5.41, 5.74) is 0. The van der Waals surface area contributed by atoms with Gasteiger partial charge in [0.15, 0.2) is 5.11 Å². The first-order chi connectivity index (χ1) is 6.68. The van der Waals surface area contributed by atoms with Gasteiger partial charge in [0.2, 0.25) is 0 Å². The van der Waals surface area contributed by atoms with E-state index in [1.807, 2.05) is 0 Å². The van der Waals surface area contributed by atoms with Crippen LogP contribution in [0.3, 0.4) is 0 Å². The van der Waals surface area contributed by atoms with Gasteiger partial charge in [0.25, 0.3) is 0 Å². The lowest BCUT2D eigenvalue weighted by molar-refractivity contribution is 0.305. The highest BCUT2D eigenvalue weighted by atomic mass is 32.1. The van der Waals surface area contributed by atoms with Crippen molar-refractivity contribution in [3.05, 3.63) is 0 Å².